The molecule has 2 rings (SSSR count). The fourth-order valence-corrected chi connectivity index (χ4v) is 5.23. The molecule has 0 radical (unpaired) electrons. The monoisotopic (exact) mass is 592 g/mol. The molecule has 1 fully saturated rings. The Morgan fingerprint density at radius 3 is 1.97 bits per heavy atom. The maximum atomic E-state index is 11.7. The van der Waals surface area contributed by atoms with E-state index in [9.17, 15) is 38.4 Å². The summed E-state index contributed by atoms with van der Waals surface area (Å²) in [6, 6.07) is 0.920. The number of hydrogen-bond donors (Lipinski definition) is 7. The molecule has 11 N–H and O–H groups in total. The van der Waals surface area contributed by atoms with Crippen molar-refractivity contribution in [3.05, 3.63) is 33.1 Å². The first-order valence-corrected chi connectivity index (χ1v) is 11.7. The van der Waals surface area contributed by atoms with E-state index in [4.69, 9.17) is 19.4 Å². The molecule has 1 saturated heterocycles. The van der Waals surface area contributed by atoms with Gasteiger partial charge in [-0.25, -0.2) is 18.5 Å². The minimum atomic E-state index is -5.73. The van der Waals surface area contributed by atoms with Gasteiger partial charge in [-0.3, -0.25) is 18.9 Å². The number of phosphoric ester groups is 1. The summed E-state index contributed by atoms with van der Waals surface area (Å²) in [7, 11) is -16.8. The molecule has 1 aliphatic rings. The van der Waals surface area contributed by atoms with Crippen LogP contribution < -0.4 is 99.9 Å². The van der Waals surface area contributed by atoms with Gasteiger partial charge in [0.1, 0.15) is 18.3 Å². The van der Waals surface area contributed by atoms with Crippen LogP contribution in [0.5, 0.6) is 0 Å². The number of aliphatic hydroxyl groups is 2. The Bertz CT molecular complexity index is 1030. The number of rotatable bonds is 8. The summed E-state index contributed by atoms with van der Waals surface area (Å²) >= 11 is 0. The fraction of sp³-hybridized carbons (Fsp3) is 0.556. The summed E-state index contributed by atoms with van der Waals surface area (Å²) in [4.78, 5) is 59.9. The summed E-state index contributed by atoms with van der Waals surface area (Å²) in [6.07, 6.45) is -5.70. The van der Waals surface area contributed by atoms with E-state index < -0.39 is 65.9 Å². The fourth-order valence-electron chi connectivity index (χ4n) is 2.20. The van der Waals surface area contributed by atoms with Crippen LogP contribution in [0.15, 0.2) is 21.9 Å². The number of aliphatic hydroxyl groups excluding tert-OH is 2. The van der Waals surface area contributed by atoms with Crippen LogP contribution in [0.4, 0.5) is 0 Å². The van der Waals surface area contributed by atoms with E-state index in [-0.39, 0.29) is 104 Å². The predicted molar refractivity (Wildman–Crippen MR) is 97.6 cm³/mol. The van der Waals surface area contributed by atoms with Gasteiger partial charge in [-0.2, -0.15) is 8.62 Å². The molecular weight excluding hydrogens is 570 g/mol. The van der Waals surface area contributed by atoms with Crippen LogP contribution in [0.25, 0.3) is 0 Å². The number of aromatic amines is 1. The van der Waals surface area contributed by atoms with Crippen LogP contribution in [0, 0.1) is 0 Å². The Labute approximate surface area is 260 Å². The van der Waals surface area contributed by atoms with Gasteiger partial charge in [-0.15, -0.1) is 0 Å². The van der Waals surface area contributed by atoms with Gasteiger partial charge in [0.05, 0.1) is 6.61 Å². The second-order valence-corrected chi connectivity index (χ2v) is 9.87. The first kappa shape index (κ1) is 43.0. The van der Waals surface area contributed by atoms with E-state index in [1.807, 2.05) is 4.98 Å². The van der Waals surface area contributed by atoms with E-state index in [0.29, 0.717) is 4.57 Å². The molecular formula is C9H22N2Na3O17P3. The first-order valence-electron chi connectivity index (χ1n) is 7.22. The van der Waals surface area contributed by atoms with Crippen LogP contribution in [0.1, 0.15) is 10.5 Å². The molecule has 1 aromatic heterocycles. The summed E-state index contributed by atoms with van der Waals surface area (Å²) in [5.74, 6) is 0. The normalized spacial score (nSPS) is 25.0. The Kier molecular flexibility index (Phi) is 21.2. The summed E-state index contributed by atoms with van der Waals surface area (Å²) < 4.78 is 50.6. The van der Waals surface area contributed by atoms with Crippen molar-refractivity contribution in [2.75, 3.05) is 6.61 Å². The van der Waals surface area contributed by atoms with E-state index in [1.54, 1.807) is 0 Å². The molecule has 0 saturated carbocycles. The predicted octanol–water partition coefficient (Wildman–Crippen LogP) is -12.8. The van der Waals surface area contributed by atoms with E-state index in [0.717, 1.165) is 12.3 Å². The molecule has 0 amide bonds. The Hall–Kier alpha value is 1.89. The Balaban J connectivity index is -0.000000225. The Morgan fingerprint density at radius 1 is 0.971 bits per heavy atom. The number of ether oxygens (including phenoxy) is 1. The van der Waals surface area contributed by atoms with Crippen molar-refractivity contribution in [3.63, 3.8) is 0 Å². The van der Waals surface area contributed by atoms with Gasteiger partial charge in [0.25, 0.3) is 5.56 Å². The molecule has 0 aromatic carbocycles. The van der Waals surface area contributed by atoms with Crippen LogP contribution in [0.2, 0.25) is 0 Å². The number of phosphoric acid groups is 3. The molecule has 2 heterocycles. The van der Waals surface area contributed by atoms with Crippen molar-refractivity contribution in [1.82, 2.24) is 9.55 Å². The van der Waals surface area contributed by atoms with Crippen molar-refractivity contribution < 1.29 is 165 Å². The number of aromatic nitrogens is 2. The molecule has 1 aliphatic heterocycles. The topological polar surface area (TPSA) is 327 Å². The zero-order valence-electron chi connectivity index (χ0n) is 20.8. The molecule has 188 valence electrons. The minimum absolute atomic E-state index is 0. The minimum Gasteiger partial charge on any atom is -1.00 e. The molecule has 34 heavy (non-hydrogen) atoms. The molecule has 19 nitrogen and oxygen atoms in total. The van der Waals surface area contributed by atoms with Gasteiger partial charge in [-0.05, 0) is 0 Å². The second kappa shape index (κ2) is 16.8. The van der Waals surface area contributed by atoms with Gasteiger partial charge < -0.3 is 49.8 Å². The largest absolute Gasteiger partial charge is 1.00 e. The molecule has 0 aliphatic carbocycles. The first-order chi connectivity index (χ1) is 13.1. The smallest absolute Gasteiger partial charge is 1.00 e. The third kappa shape index (κ3) is 13.1. The van der Waals surface area contributed by atoms with Gasteiger partial charge in [0, 0.05) is 12.3 Å². The zero-order chi connectivity index (χ0) is 22.2. The van der Waals surface area contributed by atoms with Crippen molar-refractivity contribution in [2.45, 2.75) is 24.5 Å². The summed E-state index contributed by atoms with van der Waals surface area (Å²) in [5, 5.41) is 19.9. The van der Waals surface area contributed by atoms with Gasteiger partial charge in [0.15, 0.2) is 6.23 Å². The molecule has 0 bridgehead atoms. The average molecular weight is 592 g/mol. The molecule has 1 aromatic rings. The van der Waals surface area contributed by atoms with Crippen LogP contribution >= 0.6 is 23.5 Å². The maximum absolute atomic E-state index is 11.7. The van der Waals surface area contributed by atoms with Gasteiger partial charge in [-0.1, -0.05) is 0 Å². The third-order valence-electron chi connectivity index (χ3n) is 3.28. The van der Waals surface area contributed by atoms with E-state index >= 15 is 0 Å². The summed E-state index contributed by atoms with van der Waals surface area (Å²) in [5.41, 5.74) is -1.74. The number of H-pyrrole nitrogens is 1. The van der Waals surface area contributed by atoms with Crippen LogP contribution in [-0.2, 0) is 31.6 Å². The second-order valence-electron chi connectivity index (χ2n) is 5.45. The van der Waals surface area contributed by atoms with Crippen molar-refractivity contribution >= 4 is 23.5 Å². The molecule has 6 atom stereocenters. The third-order valence-corrected chi connectivity index (χ3v) is 7.08. The molecule has 0 spiro atoms. The quantitative estimate of drug-likeness (QED) is 0.109. The van der Waals surface area contributed by atoms with Crippen LogP contribution in [-0.4, -0.2) is 75.2 Å². The standard InChI is InChI=1S/C9H15N2O15P3.3Na.2H2O.3H/c12-5-1-2-11(9(15)10-5)8-7(14)6(13)4(24-8)3-23-28(19,20)26-29(21,22)25-27(16,17)18;;;;;;;;/h1-2,4,6-8,13-14H,3H2,(H,19,20)(H,21,22)(H,10,12,15)(H2,16,17,18);;;;2*1H2;;;/q;3*+1;;;3*-1/t4-,6-,7-,8-;;;;;;;;/m1......../s1. The Morgan fingerprint density at radius 2 is 1.50 bits per heavy atom. The zero-order valence-corrected chi connectivity index (χ0v) is 26.5. The van der Waals surface area contributed by atoms with Crippen molar-refractivity contribution in [2.24, 2.45) is 0 Å². The van der Waals surface area contributed by atoms with Crippen molar-refractivity contribution in [3.8, 4) is 0 Å². The average Bonchev–Trinajstić information content (AvgIpc) is 2.78. The number of nitrogens with zero attached hydrogens (tertiary/aromatic N) is 1. The van der Waals surface area contributed by atoms with Crippen LogP contribution in [0.3, 0.4) is 0 Å². The number of hydrogen-bond acceptors (Lipinski definition) is 11. The molecule has 2 unspecified atom stereocenters. The van der Waals surface area contributed by atoms with E-state index in [1.165, 1.54) is 0 Å². The SMILES string of the molecule is O.O.O=c1ccn([C@@H]2O[C@H](COP(=O)(O)OP(=O)(O)OP(=O)(O)O)[C@@H](O)[C@H]2O)c(=O)[nH]1.[H-].[H-].[H-].[Na+].[Na+].[Na+]. The molecule has 25 heteroatoms. The van der Waals surface area contributed by atoms with E-state index in [2.05, 4.69) is 13.1 Å². The number of nitrogens with one attached hydrogen (secondary N) is 1. The maximum Gasteiger partial charge on any atom is 1.00 e. The van der Waals surface area contributed by atoms with Crippen molar-refractivity contribution in [1.29, 1.82) is 0 Å². The summed E-state index contributed by atoms with van der Waals surface area (Å²) in [6.45, 7) is -1.05. The van der Waals surface area contributed by atoms with Gasteiger partial charge >= 0.3 is 118 Å². The van der Waals surface area contributed by atoms with Gasteiger partial charge in [0.2, 0.25) is 0 Å².